The number of methoxy groups -OCH3 is 4. The number of ether oxygens (including phenoxy) is 6. The van der Waals surface area contributed by atoms with Crippen molar-refractivity contribution in [2.24, 2.45) is 0 Å². The number of benzene rings is 2. The highest BCUT2D eigenvalue weighted by molar-refractivity contribution is 7.91. The van der Waals surface area contributed by atoms with Crippen LogP contribution < -0.4 is 23.7 Å². The van der Waals surface area contributed by atoms with Crippen molar-refractivity contribution in [3.8, 4) is 28.7 Å². The molecule has 0 aliphatic carbocycles. The molecule has 0 spiro atoms. The predicted octanol–water partition coefficient (Wildman–Crippen LogP) is 5.29. The van der Waals surface area contributed by atoms with Gasteiger partial charge in [-0.1, -0.05) is 13.8 Å². The summed E-state index contributed by atoms with van der Waals surface area (Å²) in [7, 11) is 2.68. The highest BCUT2D eigenvalue weighted by atomic mass is 32.2. The highest BCUT2D eigenvalue weighted by Gasteiger charge is 2.32. The van der Waals surface area contributed by atoms with Crippen LogP contribution in [0.25, 0.3) is 0 Å². The third kappa shape index (κ3) is 5.78. The number of hydrogen-bond donors (Lipinski definition) is 0. The van der Waals surface area contributed by atoms with E-state index >= 15 is 0 Å². The molecular weight excluding hydrogens is 472 g/mol. The Labute approximate surface area is 208 Å². The van der Waals surface area contributed by atoms with Crippen LogP contribution in [0.5, 0.6) is 28.7 Å². The topological polar surface area (TPSA) is 89.5 Å². The molecule has 3 rings (SSSR count). The number of sulfone groups is 1. The van der Waals surface area contributed by atoms with Gasteiger partial charge in [0, 0.05) is 0 Å². The molecule has 0 bridgehead atoms. The average Bonchev–Trinajstić information content (AvgIpc) is 3.36. The fourth-order valence-electron chi connectivity index (χ4n) is 4.31. The molecule has 8 nitrogen and oxygen atoms in total. The maximum absolute atomic E-state index is 13.1. The molecule has 9 heteroatoms. The van der Waals surface area contributed by atoms with Crippen molar-refractivity contribution in [3.63, 3.8) is 0 Å². The van der Waals surface area contributed by atoms with Gasteiger partial charge in [0.15, 0.2) is 32.8 Å². The molecular formula is C26H36O8S. The zero-order valence-corrected chi connectivity index (χ0v) is 22.2. The van der Waals surface area contributed by atoms with E-state index in [4.69, 9.17) is 28.4 Å². The van der Waals surface area contributed by atoms with Crippen LogP contribution in [0.1, 0.15) is 62.9 Å². The summed E-state index contributed by atoms with van der Waals surface area (Å²) in [6.45, 7) is 4.21. The zero-order chi connectivity index (χ0) is 25.6. The van der Waals surface area contributed by atoms with E-state index in [0.29, 0.717) is 42.4 Å². The molecule has 0 aromatic heterocycles. The summed E-state index contributed by atoms with van der Waals surface area (Å²) < 4.78 is 60.4. The second-order valence-corrected chi connectivity index (χ2v) is 10.4. The van der Waals surface area contributed by atoms with E-state index in [1.54, 1.807) is 27.4 Å². The first-order valence-corrected chi connectivity index (χ1v) is 13.5. The fraction of sp³-hybridized carbons (Fsp3) is 0.538. The van der Waals surface area contributed by atoms with Gasteiger partial charge in [0.25, 0.3) is 0 Å². The third-order valence-corrected chi connectivity index (χ3v) is 7.89. The summed E-state index contributed by atoms with van der Waals surface area (Å²) in [5, 5.41) is 0. The lowest BCUT2D eigenvalue weighted by Crippen LogP contribution is -2.12. The Balaban J connectivity index is 1.98. The molecule has 1 fully saturated rings. The number of rotatable bonds is 12. The van der Waals surface area contributed by atoms with Gasteiger partial charge in [0.05, 0.1) is 53.0 Å². The standard InChI is InChI=1S/C26H36O8S/c1-7-11-33-26-23(31-5)15-18(16-24(26)35(27,28)12-8-2)20-10-9-19(34-20)17-13-21(29-3)25(32-6)22(14-17)30-4/h13-16,19-20H,7-12H2,1-6H3. The van der Waals surface area contributed by atoms with Gasteiger partial charge in [0.2, 0.25) is 5.75 Å². The molecule has 35 heavy (non-hydrogen) atoms. The molecule has 1 saturated heterocycles. The van der Waals surface area contributed by atoms with Gasteiger partial charge in [-0.15, -0.1) is 0 Å². The second-order valence-electron chi connectivity index (χ2n) is 8.37. The first-order valence-electron chi connectivity index (χ1n) is 11.9. The van der Waals surface area contributed by atoms with Crippen molar-refractivity contribution in [1.29, 1.82) is 0 Å². The van der Waals surface area contributed by atoms with Gasteiger partial charge < -0.3 is 28.4 Å². The van der Waals surface area contributed by atoms with Crippen LogP contribution in [-0.2, 0) is 14.6 Å². The lowest BCUT2D eigenvalue weighted by atomic mass is 10.0. The Hall–Kier alpha value is -2.65. The Morgan fingerprint density at radius 3 is 1.74 bits per heavy atom. The minimum absolute atomic E-state index is 0.0294. The summed E-state index contributed by atoms with van der Waals surface area (Å²) >= 11 is 0. The smallest absolute Gasteiger partial charge is 0.203 e. The van der Waals surface area contributed by atoms with Gasteiger partial charge in [-0.05, 0) is 61.1 Å². The molecule has 2 aromatic rings. The Bertz CT molecular complexity index is 1090. The van der Waals surface area contributed by atoms with Crippen LogP contribution in [0.2, 0.25) is 0 Å². The van der Waals surface area contributed by atoms with E-state index in [9.17, 15) is 8.42 Å². The van der Waals surface area contributed by atoms with Crippen LogP contribution in [0.3, 0.4) is 0 Å². The maximum Gasteiger partial charge on any atom is 0.203 e. The predicted molar refractivity (Wildman–Crippen MR) is 133 cm³/mol. The molecule has 0 saturated carbocycles. The fourth-order valence-corrected chi connectivity index (χ4v) is 5.82. The summed E-state index contributed by atoms with van der Waals surface area (Å²) in [6.07, 6.45) is 2.20. The van der Waals surface area contributed by atoms with E-state index < -0.39 is 9.84 Å². The van der Waals surface area contributed by atoms with E-state index in [-0.39, 0.29) is 28.6 Å². The summed E-state index contributed by atoms with van der Waals surface area (Å²) in [6, 6.07) is 7.26. The minimum Gasteiger partial charge on any atom is -0.493 e. The van der Waals surface area contributed by atoms with Crippen LogP contribution in [0.4, 0.5) is 0 Å². The summed E-state index contributed by atoms with van der Waals surface area (Å²) in [5.74, 6) is 2.33. The van der Waals surface area contributed by atoms with E-state index in [1.807, 2.05) is 32.0 Å². The summed E-state index contributed by atoms with van der Waals surface area (Å²) in [4.78, 5) is 0.155. The Morgan fingerprint density at radius 1 is 0.771 bits per heavy atom. The Morgan fingerprint density at radius 2 is 1.29 bits per heavy atom. The normalized spacial score (nSPS) is 17.8. The van der Waals surface area contributed by atoms with Crippen molar-refractivity contribution in [2.45, 2.75) is 56.6 Å². The lowest BCUT2D eigenvalue weighted by molar-refractivity contribution is 0.0435. The highest BCUT2D eigenvalue weighted by Crippen LogP contribution is 2.48. The van der Waals surface area contributed by atoms with E-state index in [1.165, 1.54) is 7.11 Å². The van der Waals surface area contributed by atoms with Gasteiger partial charge in [-0.25, -0.2) is 8.42 Å². The van der Waals surface area contributed by atoms with E-state index in [2.05, 4.69) is 0 Å². The molecule has 2 unspecified atom stereocenters. The van der Waals surface area contributed by atoms with Crippen LogP contribution in [-0.4, -0.2) is 49.2 Å². The molecule has 194 valence electrons. The van der Waals surface area contributed by atoms with Crippen molar-refractivity contribution < 1.29 is 36.8 Å². The minimum atomic E-state index is -3.55. The zero-order valence-electron chi connectivity index (χ0n) is 21.4. The van der Waals surface area contributed by atoms with Crippen molar-refractivity contribution in [2.75, 3.05) is 40.8 Å². The quantitative estimate of drug-likeness (QED) is 0.382. The van der Waals surface area contributed by atoms with Gasteiger partial charge in [-0.2, -0.15) is 0 Å². The molecule has 2 aromatic carbocycles. The van der Waals surface area contributed by atoms with E-state index in [0.717, 1.165) is 24.0 Å². The van der Waals surface area contributed by atoms with Crippen molar-refractivity contribution >= 4 is 9.84 Å². The second kappa shape index (κ2) is 11.9. The first-order chi connectivity index (χ1) is 16.8. The van der Waals surface area contributed by atoms with Crippen molar-refractivity contribution in [3.05, 3.63) is 35.4 Å². The van der Waals surface area contributed by atoms with Crippen LogP contribution >= 0.6 is 0 Å². The molecule has 1 aliphatic rings. The molecule has 2 atom stereocenters. The lowest BCUT2D eigenvalue weighted by Gasteiger charge is -2.20. The molecule has 1 aliphatic heterocycles. The van der Waals surface area contributed by atoms with Gasteiger partial charge in [-0.3, -0.25) is 0 Å². The van der Waals surface area contributed by atoms with Crippen LogP contribution in [0, 0.1) is 0 Å². The molecule has 0 N–H and O–H groups in total. The third-order valence-electron chi connectivity index (χ3n) is 5.97. The first kappa shape index (κ1) is 26.9. The van der Waals surface area contributed by atoms with Gasteiger partial charge >= 0.3 is 0 Å². The monoisotopic (exact) mass is 508 g/mol. The van der Waals surface area contributed by atoms with Gasteiger partial charge in [0.1, 0.15) is 4.90 Å². The van der Waals surface area contributed by atoms with Crippen molar-refractivity contribution in [1.82, 2.24) is 0 Å². The largest absolute Gasteiger partial charge is 0.493 e. The molecule has 0 amide bonds. The summed E-state index contributed by atoms with van der Waals surface area (Å²) in [5.41, 5.74) is 1.64. The SMILES string of the molecule is CCCOc1c(OC)cc(C2CCC(c3cc(OC)c(OC)c(OC)c3)O2)cc1S(=O)(=O)CCC. The average molecular weight is 509 g/mol. The number of hydrogen-bond acceptors (Lipinski definition) is 8. The Kier molecular flexibility index (Phi) is 9.13. The molecule has 1 heterocycles. The maximum atomic E-state index is 13.1. The van der Waals surface area contributed by atoms with Crippen LogP contribution in [0.15, 0.2) is 29.2 Å². The molecule has 0 radical (unpaired) electrons.